The Labute approximate surface area is 179 Å². The zero-order chi connectivity index (χ0) is 21.7. The van der Waals surface area contributed by atoms with Crippen molar-refractivity contribution < 1.29 is 14.3 Å². The van der Waals surface area contributed by atoms with Crippen molar-refractivity contribution >= 4 is 17.6 Å². The summed E-state index contributed by atoms with van der Waals surface area (Å²) >= 11 is 0. The molecule has 1 aromatic heterocycles. The zero-order valence-corrected chi connectivity index (χ0v) is 18.4. The van der Waals surface area contributed by atoms with E-state index in [1.54, 1.807) is 6.20 Å². The fraction of sp³-hybridized carbons (Fsp3) is 0.480. The fourth-order valence-corrected chi connectivity index (χ4v) is 3.78. The van der Waals surface area contributed by atoms with Gasteiger partial charge in [-0.3, -0.25) is 14.6 Å². The van der Waals surface area contributed by atoms with E-state index in [1.165, 1.54) is 12.5 Å². The third kappa shape index (κ3) is 5.91. The maximum Gasteiger partial charge on any atom is 0.302 e. The molecule has 1 heterocycles. The molecule has 0 spiro atoms. The minimum absolute atomic E-state index is 0.0241. The van der Waals surface area contributed by atoms with Gasteiger partial charge in [0.25, 0.3) is 0 Å². The van der Waals surface area contributed by atoms with E-state index in [1.807, 2.05) is 32.9 Å². The average Bonchev–Trinajstić information content (AvgIpc) is 2.73. The van der Waals surface area contributed by atoms with Crippen molar-refractivity contribution in [3.63, 3.8) is 0 Å². The Kier molecular flexibility index (Phi) is 6.91. The molecular formula is C25H32N2O3. The van der Waals surface area contributed by atoms with Crippen molar-refractivity contribution in [2.45, 2.75) is 59.3 Å². The number of carbonyl (C=O) groups excluding carboxylic acids is 2. The van der Waals surface area contributed by atoms with Crippen molar-refractivity contribution in [1.29, 1.82) is 0 Å². The number of aromatic nitrogens is 1. The van der Waals surface area contributed by atoms with Gasteiger partial charge in [0.1, 0.15) is 0 Å². The van der Waals surface area contributed by atoms with Crippen LogP contribution in [0.4, 0.5) is 5.69 Å². The molecule has 3 rings (SSSR count). The van der Waals surface area contributed by atoms with Crippen LogP contribution < -0.4 is 5.32 Å². The lowest BCUT2D eigenvalue weighted by Gasteiger charge is -2.28. The first-order chi connectivity index (χ1) is 14.2. The summed E-state index contributed by atoms with van der Waals surface area (Å²) in [6.45, 7) is 7.69. The number of hydrogen-bond donors (Lipinski definition) is 1. The van der Waals surface area contributed by atoms with Crippen LogP contribution in [0.5, 0.6) is 0 Å². The quantitative estimate of drug-likeness (QED) is 0.657. The second kappa shape index (κ2) is 9.41. The molecule has 2 aromatic rings. The highest BCUT2D eigenvalue weighted by Gasteiger charge is 2.23. The molecule has 0 saturated heterocycles. The van der Waals surface area contributed by atoms with Gasteiger partial charge >= 0.3 is 5.97 Å². The number of nitrogens with one attached hydrogen (secondary N) is 1. The lowest BCUT2D eigenvalue weighted by Crippen LogP contribution is -2.27. The summed E-state index contributed by atoms with van der Waals surface area (Å²) in [5.41, 5.74) is 3.59. The summed E-state index contributed by atoms with van der Waals surface area (Å²) < 4.78 is 5.16. The van der Waals surface area contributed by atoms with Crippen LogP contribution >= 0.6 is 0 Å². The predicted molar refractivity (Wildman–Crippen MR) is 119 cm³/mol. The highest BCUT2D eigenvalue weighted by Crippen LogP contribution is 2.36. The van der Waals surface area contributed by atoms with Crippen LogP contribution in [0.25, 0.3) is 11.3 Å². The van der Waals surface area contributed by atoms with E-state index < -0.39 is 5.41 Å². The number of rotatable bonds is 5. The van der Waals surface area contributed by atoms with Crippen LogP contribution in [0.2, 0.25) is 0 Å². The number of pyridine rings is 1. The van der Waals surface area contributed by atoms with Crippen LogP contribution in [0.1, 0.15) is 64.9 Å². The summed E-state index contributed by atoms with van der Waals surface area (Å²) in [7, 11) is 0. The monoisotopic (exact) mass is 408 g/mol. The average molecular weight is 409 g/mol. The third-order valence-electron chi connectivity index (χ3n) is 5.75. The van der Waals surface area contributed by atoms with Gasteiger partial charge in [0.2, 0.25) is 5.91 Å². The molecule has 1 N–H and O–H groups in total. The number of anilines is 1. The van der Waals surface area contributed by atoms with Gasteiger partial charge in [0.05, 0.1) is 24.2 Å². The maximum atomic E-state index is 12.1. The number of carbonyl (C=O) groups is 2. The molecule has 1 fully saturated rings. The van der Waals surface area contributed by atoms with Crippen molar-refractivity contribution in [3.8, 4) is 11.3 Å². The Morgan fingerprint density at radius 1 is 1.03 bits per heavy atom. The van der Waals surface area contributed by atoms with Crippen LogP contribution in [-0.2, 0) is 14.3 Å². The van der Waals surface area contributed by atoms with Crippen molar-refractivity contribution in [1.82, 2.24) is 4.98 Å². The molecule has 5 heteroatoms. The van der Waals surface area contributed by atoms with E-state index in [0.29, 0.717) is 24.1 Å². The molecule has 0 bridgehead atoms. The van der Waals surface area contributed by atoms with Crippen LogP contribution in [-0.4, -0.2) is 23.5 Å². The van der Waals surface area contributed by atoms with Gasteiger partial charge in [-0.1, -0.05) is 45.0 Å². The van der Waals surface area contributed by atoms with E-state index in [0.717, 1.165) is 36.9 Å². The molecule has 160 valence electrons. The Hall–Kier alpha value is -2.69. The Morgan fingerprint density at radius 2 is 1.70 bits per heavy atom. The van der Waals surface area contributed by atoms with Crippen LogP contribution in [0.3, 0.4) is 0 Å². The number of nitrogens with zero attached hydrogens (tertiary/aromatic N) is 1. The lowest BCUT2D eigenvalue weighted by molar-refractivity contribution is -0.142. The standard InChI is InChI=1S/C25H32N2O3/c1-17(28)30-16-18-5-7-19(8-6-18)20-9-11-21(12-10-20)23-14-13-22(15-26-23)27-24(29)25(2,3)4/h9-15,18-19H,5-8,16H2,1-4H3,(H,27,29). The van der Waals surface area contributed by atoms with Crippen molar-refractivity contribution in [2.75, 3.05) is 11.9 Å². The largest absolute Gasteiger partial charge is 0.466 e. The summed E-state index contributed by atoms with van der Waals surface area (Å²) in [5.74, 6) is 0.844. The van der Waals surface area contributed by atoms with Crippen LogP contribution in [0.15, 0.2) is 42.6 Å². The molecule has 1 aromatic carbocycles. The molecule has 0 unspecified atom stereocenters. The number of amides is 1. The molecule has 1 amide bonds. The molecular weight excluding hydrogens is 376 g/mol. The van der Waals surface area contributed by atoms with Crippen molar-refractivity contribution in [3.05, 3.63) is 48.2 Å². The molecule has 1 aliphatic carbocycles. The SMILES string of the molecule is CC(=O)OCC1CCC(c2ccc(-c3ccc(NC(=O)C(C)(C)C)cn3)cc2)CC1. The number of ether oxygens (including phenoxy) is 1. The summed E-state index contributed by atoms with van der Waals surface area (Å²) in [5, 5.41) is 2.90. The number of esters is 1. The third-order valence-corrected chi connectivity index (χ3v) is 5.75. The number of hydrogen-bond acceptors (Lipinski definition) is 4. The predicted octanol–water partition coefficient (Wildman–Crippen LogP) is 5.57. The van der Waals surface area contributed by atoms with Gasteiger partial charge in [0, 0.05) is 17.9 Å². The van der Waals surface area contributed by atoms with E-state index in [-0.39, 0.29) is 11.9 Å². The van der Waals surface area contributed by atoms with Gasteiger partial charge < -0.3 is 10.1 Å². The Bertz CT molecular complexity index is 859. The summed E-state index contributed by atoms with van der Waals surface area (Å²) in [6, 6.07) is 12.5. The van der Waals surface area contributed by atoms with Gasteiger partial charge in [0.15, 0.2) is 0 Å². The van der Waals surface area contributed by atoms with E-state index >= 15 is 0 Å². The number of benzene rings is 1. The fourth-order valence-electron chi connectivity index (χ4n) is 3.78. The molecule has 0 aliphatic heterocycles. The Balaban J connectivity index is 1.57. The van der Waals surface area contributed by atoms with Gasteiger partial charge in [-0.05, 0) is 55.2 Å². The van der Waals surface area contributed by atoms with E-state index in [9.17, 15) is 9.59 Å². The summed E-state index contributed by atoms with van der Waals surface area (Å²) in [6.07, 6.45) is 6.17. The minimum Gasteiger partial charge on any atom is -0.466 e. The molecule has 0 radical (unpaired) electrons. The maximum absolute atomic E-state index is 12.1. The van der Waals surface area contributed by atoms with Crippen LogP contribution in [0, 0.1) is 11.3 Å². The normalized spacial score (nSPS) is 19.2. The Morgan fingerprint density at radius 3 is 2.23 bits per heavy atom. The molecule has 5 nitrogen and oxygen atoms in total. The van der Waals surface area contributed by atoms with Gasteiger partial charge in [-0.2, -0.15) is 0 Å². The molecule has 1 aliphatic rings. The summed E-state index contributed by atoms with van der Waals surface area (Å²) in [4.78, 5) is 27.6. The van der Waals surface area contributed by atoms with E-state index in [2.05, 4.69) is 34.6 Å². The smallest absolute Gasteiger partial charge is 0.302 e. The minimum atomic E-state index is -0.436. The first kappa shape index (κ1) is 22.0. The van der Waals surface area contributed by atoms with Gasteiger partial charge in [-0.25, -0.2) is 0 Å². The topological polar surface area (TPSA) is 68.3 Å². The zero-order valence-electron chi connectivity index (χ0n) is 18.4. The highest BCUT2D eigenvalue weighted by molar-refractivity contribution is 5.94. The first-order valence-corrected chi connectivity index (χ1v) is 10.7. The first-order valence-electron chi connectivity index (χ1n) is 10.7. The molecule has 1 saturated carbocycles. The highest BCUT2D eigenvalue weighted by atomic mass is 16.5. The van der Waals surface area contributed by atoms with Crippen molar-refractivity contribution in [2.24, 2.45) is 11.3 Å². The molecule has 30 heavy (non-hydrogen) atoms. The van der Waals surface area contributed by atoms with E-state index in [4.69, 9.17) is 4.74 Å². The lowest BCUT2D eigenvalue weighted by atomic mass is 9.79. The second-order valence-electron chi connectivity index (χ2n) is 9.28. The molecule has 0 atom stereocenters. The van der Waals surface area contributed by atoms with Gasteiger partial charge in [-0.15, -0.1) is 0 Å². The second-order valence-corrected chi connectivity index (χ2v) is 9.28.